The lowest BCUT2D eigenvalue weighted by molar-refractivity contribution is 0.0987. The predicted octanol–water partition coefficient (Wildman–Crippen LogP) is 6.98. The molecular weight excluding hydrogens is 671 g/mol. The van der Waals surface area contributed by atoms with Crippen LogP contribution >= 0.6 is 11.8 Å². The first-order valence-electron chi connectivity index (χ1n) is 15.7. The second-order valence-electron chi connectivity index (χ2n) is 11.8. The highest BCUT2D eigenvalue weighted by Gasteiger charge is 2.42. The molecule has 0 bridgehead atoms. The fourth-order valence-corrected chi connectivity index (χ4v) is 6.92. The molecule has 1 aliphatic heterocycles. The van der Waals surface area contributed by atoms with Crippen LogP contribution < -0.4 is 18.9 Å². The van der Waals surface area contributed by atoms with Gasteiger partial charge in [-0.15, -0.1) is 0 Å². The molecular formula is C36H38F3N5O5S. The smallest absolute Gasteiger partial charge is 0.250 e. The van der Waals surface area contributed by atoms with Crippen molar-refractivity contribution in [2.24, 2.45) is 4.99 Å². The van der Waals surface area contributed by atoms with Crippen LogP contribution in [0.1, 0.15) is 51.8 Å². The van der Waals surface area contributed by atoms with Gasteiger partial charge >= 0.3 is 0 Å². The molecule has 4 aromatic rings. The lowest BCUT2D eigenvalue weighted by atomic mass is 9.90. The Morgan fingerprint density at radius 1 is 0.960 bits per heavy atom. The average Bonchev–Trinajstić information content (AvgIpc) is 3.12. The molecule has 0 radical (unpaired) electrons. The highest BCUT2D eigenvalue weighted by molar-refractivity contribution is 8.14. The minimum absolute atomic E-state index is 0.0198. The number of thioether (sulfide) groups is 1. The van der Waals surface area contributed by atoms with Gasteiger partial charge in [-0.2, -0.15) is 0 Å². The van der Waals surface area contributed by atoms with Gasteiger partial charge in [0.1, 0.15) is 28.5 Å². The van der Waals surface area contributed by atoms with E-state index < -0.39 is 24.1 Å². The van der Waals surface area contributed by atoms with Crippen LogP contribution in [0.25, 0.3) is 0 Å². The first-order chi connectivity index (χ1) is 24.0. The van der Waals surface area contributed by atoms with Gasteiger partial charge in [0.15, 0.2) is 11.0 Å². The molecule has 0 saturated carbocycles. The first kappa shape index (κ1) is 36.4. The summed E-state index contributed by atoms with van der Waals surface area (Å²) in [6.45, 7) is 3.36. The number of carbonyl (C=O) groups excluding carboxylic acids is 1. The normalized spacial score (nSPS) is 17.2. The minimum Gasteiger partial charge on any atom is -0.497 e. The molecule has 0 saturated heterocycles. The van der Waals surface area contributed by atoms with E-state index >= 15 is 0 Å². The number of hydrogen-bond acceptors (Lipinski definition) is 11. The Hall–Kier alpha value is -4.85. The van der Waals surface area contributed by atoms with Crippen molar-refractivity contribution in [3.63, 3.8) is 0 Å². The van der Waals surface area contributed by atoms with Crippen LogP contribution in [0.15, 0.2) is 72.1 Å². The van der Waals surface area contributed by atoms with Gasteiger partial charge in [0.2, 0.25) is 12.7 Å². The molecule has 0 fully saturated rings. The third-order valence-electron chi connectivity index (χ3n) is 8.37. The van der Waals surface area contributed by atoms with Crippen LogP contribution in [-0.4, -0.2) is 70.7 Å². The maximum absolute atomic E-state index is 14.7. The molecule has 2 aromatic heterocycles. The summed E-state index contributed by atoms with van der Waals surface area (Å²) in [5, 5.41) is -0.663. The Balaban J connectivity index is 1.51. The van der Waals surface area contributed by atoms with Gasteiger partial charge in [0, 0.05) is 37.3 Å². The second kappa shape index (κ2) is 16.2. The number of rotatable bonds is 14. The number of nitrogens with zero attached hydrogens (tertiary/aromatic N) is 5. The quantitative estimate of drug-likeness (QED) is 0.127. The fraction of sp³-hybridized carbons (Fsp3) is 0.361. The molecule has 2 aromatic carbocycles. The van der Waals surface area contributed by atoms with Crippen LogP contribution in [0.5, 0.6) is 23.1 Å². The number of amidine groups is 1. The summed E-state index contributed by atoms with van der Waals surface area (Å²) in [6, 6.07) is 14.6. The number of pyridine rings is 1. The maximum atomic E-state index is 14.7. The van der Waals surface area contributed by atoms with E-state index in [2.05, 4.69) is 19.7 Å². The van der Waals surface area contributed by atoms with Gasteiger partial charge in [-0.1, -0.05) is 17.8 Å². The molecule has 0 unspecified atom stereocenters. The summed E-state index contributed by atoms with van der Waals surface area (Å²) in [4.78, 5) is 32.6. The number of aryl methyl sites for hydroxylation is 1. The number of hydrogen-bond donors (Lipinski definition) is 0. The van der Waals surface area contributed by atoms with Gasteiger partial charge in [-0.25, -0.2) is 28.1 Å². The van der Waals surface area contributed by atoms with E-state index in [1.54, 1.807) is 52.6 Å². The Labute approximate surface area is 293 Å². The fourth-order valence-electron chi connectivity index (χ4n) is 5.60. The Bertz CT molecular complexity index is 1830. The number of methoxy groups -OCH3 is 3. The number of ketones is 1. The van der Waals surface area contributed by atoms with Crippen molar-refractivity contribution in [3.05, 3.63) is 101 Å². The van der Waals surface area contributed by atoms with Crippen LogP contribution in [0.2, 0.25) is 0 Å². The van der Waals surface area contributed by atoms with E-state index in [1.165, 1.54) is 12.4 Å². The third kappa shape index (κ3) is 8.65. The molecule has 2 atom stereocenters. The first-order valence-corrected chi connectivity index (χ1v) is 16.6. The molecule has 5 rings (SSSR count). The SMILES string of the molecule is COc1ccc(CN(Cc2ccc(OC)cc2OC)C2=N[C@](C)(c3cc(CC(=O)c4cnc(OCF)cn4)ccn3)C[C@@H](C(F)F)S2)c(C)c1. The minimum atomic E-state index is -2.64. The van der Waals surface area contributed by atoms with Crippen molar-refractivity contribution >= 4 is 22.7 Å². The highest BCUT2D eigenvalue weighted by atomic mass is 32.2. The van der Waals surface area contributed by atoms with Crippen molar-refractivity contribution in [2.45, 2.75) is 57.0 Å². The molecule has 0 amide bonds. The monoisotopic (exact) mass is 709 g/mol. The van der Waals surface area contributed by atoms with Gasteiger partial charge in [0.05, 0.1) is 44.7 Å². The summed E-state index contributed by atoms with van der Waals surface area (Å²) >= 11 is 1.04. The van der Waals surface area contributed by atoms with Crippen molar-refractivity contribution in [1.29, 1.82) is 0 Å². The molecule has 0 N–H and O–H groups in total. The van der Waals surface area contributed by atoms with Gasteiger partial charge in [-0.05, 0) is 73.4 Å². The highest BCUT2D eigenvalue weighted by Crippen LogP contribution is 2.43. The predicted molar refractivity (Wildman–Crippen MR) is 184 cm³/mol. The zero-order valence-electron chi connectivity index (χ0n) is 28.4. The molecule has 50 heavy (non-hydrogen) atoms. The number of aromatic nitrogens is 3. The van der Waals surface area contributed by atoms with E-state index in [4.69, 9.17) is 19.2 Å². The Morgan fingerprint density at radius 3 is 2.32 bits per heavy atom. The summed E-state index contributed by atoms with van der Waals surface area (Å²) in [5.74, 6) is 1.54. The van der Waals surface area contributed by atoms with Crippen molar-refractivity contribution in [3.8, 4) is 23.1 Å². The van der Waals surface area contributed by atoms with Gasteiger partial charge in [-0.3, -0.25) is 9.78 Å². The number of Topliss-reactive ketones (excluding diaryl/α,β-unsaturated/α-hetero) is 1. The number of halogens is 3. The van der Waals surface area contributed by atoms with E-state index in [9.17, 15) is 18.0 Å². The summed E-state index contributed by atoms with van der Waals surface area (Å²) in [5.41, 5.74) is 2.73. The molecule has 1 aliphatic rings. The Morgan fingerprint density at radius 2 is 1.68 bits per heavy atom. The van der Waals surface area contributed by atoms with Crippen LogP contribution in [0.4, 0.5) is 13.2 Å². The van der Waals surface area contributed by atoms with E-state index in [0.29, 0.717) is 46.8 Å². The third-order valence-corrected chi connectivity index (χ3v) is 9.61. The molecule has 14 heteroatoms. The van der Waals surface area contributed by atoms with E-state index in [0.717, 1.165) is 28.5 Å². The lowest BCUT2D eigenvalue weighted by Crippen LogP contribution is -2.40. The van der Waals surface area contributed by atoms with Crippen molar-refractivity contribution < 1.29 is 36.9 Å². The zero-order chi connectivity index (χ0) is 35.8. The molecule has 0 spiro atoms. The average molecular weight is 710 g/mol. The van der Waals surface area contributed by atoms with Gasteiger partial charge in [0.25, 0.3) is 6.43 Å². The zero-order valence-corrected chi connectivity index (χ0v) is 29.2. The summed E-state index contributed by atoms with van der Waals surface area (Å²) in [7, 11) is 4.74. The summed E-state index contributed by atoms with van der Waals surface area (Å²) in [6.07, 6.45) is 1.27. The topological polar surface area (TPSA) is 108 Å². The van der Waals surface area contributed by atoms with Crippen molar-refractivity contribution in [2.75, 3.05) is 28.2 Å². The number of carbonyl (C=O) groups is 1. The van der Waals surface area contributed by atoms with Crippen molar-refractivity contribution in [1.82, 2.24) is 19.9 Å². The van der Waals surface area contributed by atoms with E-state index in [-0.39, 0.29) is 30.2 Å². The number of alkyl halides is 3. The molecule has 3 heterocycles. The molecule has 10 nitrogen and oxygen atoms in total. The largest absolute Gasteiger partial charge is 0.497 e. The maximum Gasteiger partial charge on any atom is 0.250 e. The van der Waals surface area contributed by atoms with Crippen LogP contribution in [0.3, 0.4) is 0 Å². The number of ether oxygens (including phenoxy) is 4. The Kier molecular flexibility index (Phi) is 11.8. The van der Waals surface area contributed by atoms with E-state index in [1.807, 2.05) is 42.2 Å². The summed E-state index contributed by atoms with van der Waals surface area (Å²) < 4.78 is 63.0. The molecule has 0 aliphatic carbocycles. The molecule has 264 valence electrons. The van der Waals surface area contributed by atoms with Gasteiger partial charge < -0.3 is 23.8 Å². The number of benzene rings is 2. The standard InChI is InChI=1S/C36H38F3N5O5S/c1-22-12-26(46-3)8-6-24(22)19-44(20-25-7-9-27(47-4)15-30(25)48-5)35-43-36(2,16-31(50-35)34(38)39)32-14-23(10-11-40-32)13-29(45)28-17-42-33(18-41-28)49-21-37/h6-12,14-15,17-18,31,34H,13,16,19-21H2,1-5H3/t31-,36-/m0/s1. The lowest BCUT2D eigenvalue weighted by Gasteiger charge is -2.38. The van der Waals surface area contributed by atoms with Crippen LogP contribution in [-0.2, 0) is 25.0 Å². The van der Waals surface area contributed by atoms with Crippen LogP contribution in [0, 0.1) is 6.92 Å². The second-order valence-corrected chi connectivity index (χ2v) is 13.0. The number of aliphatic imine (C=N–C) groups is 1.